The molecule has 0 saturated carbocycles. The molecular formula is C16H19NOS. The molecule has 0 unspecified atom stereocenters. The van der Waals surface area contributed by atoms with Gasteiger partial charge in [-0.15, -0.1) is 0 Å². The van der Waals surface area contributed by atoms with Crippen LogP contribution in [-0.4, -0.2) is 28.7 Å². The summed E-state index contributed by atoms with van der Waals surface area (Å²) < 4.78 is 0. The number of thiophene rings is 1. The minimum atomic E-state index is -0.196. The SMILES string of the molecule is O[C@@H]1CCN(Cc2ccsc2)[C@H]1Cc1ccccc1. The zero-order valence-electron chi connectivity index (χ0n) is 10.9. The van der Waals surface area contributed by atoms with Crippen LogP contribution in [0, 0.1) is 0 Å². The van der Waals surface area contributed by atoms with E-state index in [9.17, 15) is 5.11 Å². The van der Waals surface area contributed by atoms with Crippen LogP contribution in [0.1, 0.15) is 17.5 Å². The standard InChI is InChI=1S/C16H19NOS/c18-16-6-8-17(11-14-7-9-19-12-14)15(16)10-13-4-2-1-3-5-13/h1-5,7,9,12,15-16,18H,6,8,10-11H2/t15-,16+/m0/s1. The molecule has 0 radical (unpaired) electrons. The monoisotopic (exact) mass is 273 g/mol. The van der Waals surface area contributed by atoms with E-state index in [1.54, 1.807) is 11.3 Å². The third-order valence-electron chi connectivity index (χ3n) is 3.88. The maximum atomic E-state index is 10.2. The number of hydrogen-bond donors (Lipinski definition) is 1. The van der Waals surface area contributed by atoms with Gasteiger partial charge >= 0.3 is 0 Å². The van der Waals surface area contributed by atoms with E-state index in [-0.39, 0.29) is 12.1 Å². The van der Waals surface area contributed by atoms with Crippen molar-refractivity contribution in [2.75, 3.05) is 6.54 Å². The lowest BCUT2D eigenvalue weighted by Crippen LogP contribution is -2.36. The van der Waals surface area contributed by atoms with E-state index in [2.05, 4.69) is 46.0 Å². The first-order valence-electron chi connectivity index (χ1n) is 6.80. The fourth-order valence-corrected chi connectivity index (χ4v) is 3.49. The molecule has 3 rings (SSSR count). The molecule has 1 aromatic carbocycles. The molecule has 0 spiro atoms. The maximum absolute atomic E-state index is 10.2. The average molecular weight is 273 g/mol. The number of aliphatic hydroxyl groups excluding tert-OH is 1. The lowest BCUT2D eigenvalue weighted by atomic mass is 10.0. The highest BCUT2D eigenvalue weighted by atomic mass is 32.1. The van der Waals surface area contributed by atoms with Gasteiger partial charge < -0.3 is 5.11 Å². The summed E-state index contributed by atoms with van der Waals surface area (Å²) >= 11 is 1.74. The summed E-state index contributed by atoms with van der Waals surface area (Å²) in [6, 6.07) is 12.9. The first-order valence-corrected chi connectivity index (χ1v) is 7.74. The molecule has 0 aliphatic carbocycles. The number of benzene rings is 1. The second kappa shape index (κ2) is 5.87. The Hall–Kier alpha value is -1.16. The summed E-state index contributed by atoms with van der Waals surface area (Å²) in [5, 5.41) is 14.5. The average Bonchev–Trinajstić information content (AvgIpc) is 3.05. The number of hydrogen-bond acceptors (Lipinski definition) is 3. The van der Waals surface area contributed by atoms with Gasteiger partial charge in [-0.05, 0) is 40.8 Å². The highest BCUT2D eigenvalue weighted by Gasteiger charge is 2.32. The van der Waals surface area contributed by atoms with Crippen molar-refractivity contribution in [1.29, 1.82) is 0 Å². The minimum Gasteiger partial charge on any atom is -0.391 e. The zero-order chi connectivity index (χ0) is 13.1. The van der Waals surface area contributed by atoms with Crippen LogP contribution in [0.25, 0.3) is 0 Å². The van der Waals surface area contributed by atoms with E-state index in [0.717, 1.165) is 25.9 Å². The molecule has 1 N–H and O–H groups in total. The van der Waals surface area contributed by atoms with Crippen LogP contribution in [0.3, 0.4) is 0 Å². The molecule has 19 heavy (non-hydrogen) atoms. The smallest absolute Gasteiger partial charge is 0.0710 e. The first kappa shape index (κ1) is 12.9. The van der Waals surface area contributed by atoms with Crippen LogP contribution < -0.4 is 0 Å². The Bertz CT molecular complexity index is 497. The van der Waals surface area contributed by atoms with Gasteiger partial charge in [0.25, 0.3) is 0 Å². The predicted molar refractivity (Wildman–Crippen MR) is 79.3 cm³/mol. The molecule has 1 aromatic heterocycles. The molecule has 100 valence electrons. The van der Waals surface area contributed by atoms with Crippen molar-refractivity contribution in [3.63, 3.8) is 0 Å². The number of rotatable bonds is 4. The maximum Gasteiger partial charge on any atom is 0.0710 e. The summed E-state index contributed by atoms with van der Waals surface area (Å²) in [6.07, 6.45) is 1.63. The van der Waals surface area contributed by atoms with Crippen molar-refractivity contribution >= 4 is 11.3 Å². The third kappa shape index (κ3) is 3.06. The van der Waals surface area contributed by atoms with E-state index in [4.69, 9.17) is 0 Å². The number of aliphatic hydroxyl groups is 1. The van der Waals surface area contributed by atoms with E-state index in [0.29, 0.717) is 0 Å². The Morgan fingerprint density at radius 2 is 2.00 bits per heavy atom. The van der Waals surface area contributed by atoms with Crippen molar-refractivity contribution < 1.29 is 5.11 Å². The van der Waals surface area contributed by atoms with E-state index in [1.807, 2.05) is 6.07 Å². The molecule has 2 atom stereocenters. The fourth-order valence-electron chi connectivity index (χ4n) is 2.83. The summed E-state index contributed by atoms with van der Waals surface area (Å²) in [5.74, 6) is 0. The van der Waals surface area contributed by atoms with Crippen LogP contribution in [0.2, 0.25) is 0 Å². The van der Waals surface area contributed by atoms with E-state index < -0.39 is 0 Å². The van der Waals surface area contributed by atoms with Crippen molar-refractivity contribution in [1.82, 2.24) is 4.90 Å². The molecule has 3 heteroatoms. The molecule has 1 fully saturated rings. The first-order chi connectivity index (χ1) is 9.33. The zero-order valence-corrected chi connectivity index (χ0v) is 11.7. The molecule has 1 saturated heterocycles. The second-order valence-electron chi connectivity index (χ2n) is 5.22. The summed E-state index contributed by atoms with van der Waals surface area (Å²) in [6.45, 7) is 1.95. The summed E-state index contributed by atoms with van der Waals surface area (Å²) in [7, 11) is 0. The summed E-state index contributed by atoms with van der Waals surface area (Å²) in [5.41, 5.74) is 2.67. The molecule has 1 aliphatic rings. The molecule has 2 aromatic rings. The number of nitrogens with zero attached hydrogens (tertiary/aromatic N) is 1. The lowest BCUT2D eigenvalue weighted by molar-refractivity contribution is 0.112. The predicted octanol–water partition coefficient (Wildman–Crippen LogP) is 2.93. The van der Waals surface area contributed by atoms with Gasteiger partial charge in [-0.3, -0.25) is 4.90 Å². The highest BCUT2D eigenvalue weighted by Crippen LogP contribution is 2.24. The van der Waals surface area contributed by atoms with Crippen molar-refractivity contribution in [3.8, 4) is 0 Å². The van der Waals surface area contributed by atoms with Gasteiger partial charge in [0, 0.05) is 19.1 Å². The van der Waals surface area contributed by atoms with Gasteiger partial charge in [0.15, 0.2) is 0 Å². The summed E-state index contributed by atoms with van der Waals surface area (Å²) in [4.78, 5) is 2.42. The van der Waals surface area contributed by atoms with Gasteiger partial charge in [-0.25, -0.2) is 0 Å². The molecule has 2 nitrogen and oxygen atoms in total. The van der Waals surface area contributed by atoms with Gasteiger partial charge in [-0.1, -0.05) is 30.3 Å². The fraction of sp³-hybridized carbons (Fsp3) is 0.375. The van der Waals surface area contributed by atoms with Gasteiger partial charge in [-0.2, -0.15) is 11.3 Å². The minimum absolute atomic E-state index is 0.196. The Balaban J connectivity index is 1.70. The van der Waals surface area contributed by atoms with Gasteiger partial charge in [0.1, 0.15) is 0 Å². The highest BCUT2D eigenvalue weighted by molar-refractivity contribution is 7.07. The van der Waals surface area contributed by atoms with Crippen molar-refractivity contribution in [3.05, 3.63) is 58.3 Å². The molecule has 0 bridgehead atoms. The third-order valence-corrected chi connectivity index (χ3v) is 4.61. The molecule has 1 aliphatic heterocycles. The van der Waals surface area contributed by atoms with E-state index in [1.165, 1.54) is 11.1 Å². The molecular weight excluding hydrogens is 254 g/mol. The lowest BCUT2D eigenvalue weighted by Gasteiger charge is -2.26. The largest absolute Gasteiger partial charge is 0.391 e. The quantitative estimate of drug-likeness (QED) is 0.926. The Morgan fingerprint density at radius 3 is 2.74 bits per heavy atom. The van der Waals surface area contributed by atoms with Gasteiger partial charge in [0.2, 0.25) is 0 Å². The second-order valence-corrected chi connectivity index (χ2v) is 6.00. The van der Waals surface area contributed by atoms with Crippen LogP contribution in [0.5, 0.6) is 0 Å². The Kier molecular flexibility index (Phi) is 3.97. The van der Waals surface area contributed by atoms with Crippen LogP contribution >= 0.6 is 11.3 Å². The van der Waals surface area contributed by atoms with Crippen LogP contribution in [-0.2, 0) is 13.0 Å². The topological polar surface area (TPSA) is 23.5 Å². The Morgan fingerprint density at radius 1 is 1.16 bits per heavy atom. The van der Waals surface area contributed by atoms with Crippen molar-refractivity contribution in [2.45, 2.75) is 31.5 Å². The normalized spacial score (nSPS) is 23.8. The number of likely N-dealkylation sites (tertiary alicyclic amines) is 1. The van der Waals surface area contributed by atoms with E-state index >= 15 is 0 Å². The van der Waals surface area contributed by atoms with Crippen LogP contribution in [0.15, 0.2) is 47.2 Å². The Labute approximate surface area is 118 Å². The molecule has 2 heterocycles. The van der Waals surface area contributed by atoms with Gasteiger partial charge in [0.05, 0.1) is 6.10 Å². The molecule has 0 amide bonds. The van der Waals surface area contributed by atoms with Crippen LogP contribution in [0.4, 0.5) is 0 Å². The van der Waals surface area contributed by atoms with Crippen molar-refractivity contribution in [2.24, 2.45) is 0 Å².